The Balaban J connectivity index is 2.05. The molecule has 0 atom stereocenters. The molecule has 0 saturated heterocycles. The molecule has 0 aliphatic heterocycles. The second-order valence-electron chi connectivity index (χ2n) is 4.75. The van der Waals surface area contributed by atoms with E-state index >= 15 is 0 Å². The molecular formula is C13H11F3N4O. The third-order valence-electron chi connectivity index (χ3n) is 3.06. The Labute approximate surface area is 117 Å². The second kappa shape index (κ2) is 4.87. The predicted octanol–water partition coefficient (Wildman–Crippen LogP) is 2.18. The highest BCUT2D eigenvalue weighted by Crippen LogP contribution is 2.33. The van der Waals surface area contributed by atoms with Crippen molar-refractivity contribution in [3.05, 3.63) is 41.9 Å². The average molecular weight is 296 g/mol. The summed E-state index contributed by atoms with van der Waals surface area (Å²) in [5.41, 5.74) is -1.60. The molecule has 1 fully saturated rings. The van der Waals surface area contributed by atoms with E-state index in [1.54, 1.807) is 12.1 Å². The third kappa shape index (κ3) is 2.74. The van der Waals surface area contributed by atoms with E-state index in [0.29, 0.717) is 4.68 Å². The van der Waals surface area contributed by atoms with Crippen molar-refractivity contribution in [3.8, 4) is 5.82 Å². The van der Waals surface area contributed by atoms with Crippen LogP contribution in [0, 0.1) is 0 Å². The van der Waals surface area contributed by atoms with Gasteiger partial charge in [0, 0.05) is 12.2 Å². The molecule has 21 heavy (non-hydrogen) atoms. The maximum absolute atomic E-state index is 13.3. The molecule has 0 aromatic carbocycles. The number of nitrogens with one attached hydrogen (secondary N) is 1. The van der Waals surface area contributed by atoms with Gasteiger partial charge in [0.05, 0.1) is 11.8 Å². The van der Waals surface area contributed by atoms with Crippen molar-refractivity contribution in [2.75, 3.05) is 0 Å². The molecule has 1 aliphatic rings. The monoisotopic (exact) mass is 296 g/mol. The third-order valence-corrected chi connectivity index (χ3v) is 3.06. The summed E-state index contributed by atoms with van der Waals surface area (Å²) < 4.78 is 40.5. The van der Waals surface area contributed by atoms with Crippen LogP contribution < -0.4 is 5.32 Å². The van der Waals surface area contributed by atoms with Gasteiger partial charge >= 0.3 is 6.18 Å². The first-order valence-corrected chi connectivity index (χ1v) is 6.34. The Morgan fingerprint density at radius 3 is 2.67 bits per heavy atom. The van der Waals surface area contributed by atoms with E-state index in [9.17, 15) is 18.0 Å². The molecule has 1 amide bonds. The van der Waals surface area contributed by atoms with E-state index in [1.807, 2.05) is 0 Å². The van der Waals surface area contributed by atoms with Gasteiger partial charge in [-0.15, -0.1) is 0 Å². The Bertz CT molecular complexity index is 662. The van der Waals surface area contributed by atoms with Gasteiger partial charge in [0.2, 0.25) is 0 Å². The van der Waals surface area contributed by atoms with Gasteiger partial charge < -0.3 is 5.32 Å². The predicted molar refractivity (Wildman–Crippen MR) is 66.8 cm³/mol. The molecule has 2 aromatic heterocycles. The topological polar surface area (TPSA) is 59.8 Å². The maximum atomic E-state index is 13.3. The number of alkyl halides is 3. The van der Waals surface area contributed by atoms with Crippen molar-refractivity contribution in [3.63, 3.8) is 0 Å². The number of amides is 1. The minimum Gasteiger partial charge on any atom is -0.349 e. The van der Waals surface area contributed by atoms with Gasteiger partial charge in [-0.25, -0.2) is 9.67 Å². The molecule has 3 rings (SSSR count). The molecular weight excluding hydrogens is 285 g/mol. The van der Waals surface area contributed by atoms with Crippen molar-refractivity contribution >= 4 is 5.91 Å². The number of aromatic nitrogens is 3. The summed E-state index contributed by atoms with van der Waals surface area (Å²) in [5.74, 6) is -0.748. The van der Waals surface area contributed by atoms with Crippen LogP contribution in [0.5, 0.6) is 0 Å². The van der Waals surface area contributed by atoms with E-state index in [2.05, 4.69) is 15.4 Å². The summed E-state index contributed by atoms with van der Waals surface area (Å²) in [6, 6.07) is 4.50. The van der Waals surface area contributed by atoms with Gasteiger partial charge in [0.1, 0.15) is 0 Å². The number of carbonyl (C=O) groups is 1. The minimum atomic E-state index is -4.70. The van der Waals surface area contributed by atoms with E-state index < -0.39 is 23.3 Å². The smallest absolute Gasteiger partial charge is 0.349 e. The summed E-state index contributed by atoms with van der Waals surface area (Å²) in [5, 5.41) is 6.21. The number of rotatable bonds is 3. The lowest BCUT2D eigenvalue weighted by Gasteiger charge is -2.12. The molecule has 0 bridgehead atoms. The molecule has 5 nitrogen and oxygen atoms in total. The number of halogens is 3. The highest BCUT2D eigenvalue weighted by molar-refractivity contribution is 5.95. The van der Waals surface area contributed by atoms with Crippen LogP contribution in [0.4, 0.5) is 13.2 Å². The van der Waals surface area contributed by atoms with Crippen LogP contribution in [-0.4, -0.2) is 26.7 Å². The zero-order valence-corrected chi connectivity index (χ0v) is 10.8. The van der Waals surface area contributed by atoms with Crippen molar-refractivity contribution in [1.29, 1.82) is 0 Å². The quantitative estimate of drug-likeness (QED) is 0.944. The molecule has 1 aliphatic carbocycles. The van der Waals surface area contributed by atoms with Gasteiger partial charge in [-0.05, 0) is 25.0 Å². The molecule has 0 radical (unpaired) electrons. The van der Waals surface area contributed by atoms with Crippen LogP contribution >= 0.6 is 0 Å². The molecule has 0 spiro atoms. The van der Waals surface area contributed by atoms with Gasteiger partial charge in [0.15, 0.2) is 11.5 Å². The molecule has 110 valence electrons. The lowest BCUT2D eigenvalue weighted by molar-refractivity contribution is -0.143. The minimum absolute atomic E-state index is 0.00953. The van der Waals surface area contributed by atoms with E-state index in [-0.39, 0.29) is 11.9 Å². The molecule has 1 N–H and O–H groups in total. The fourth-order valence-corrected chi connectivity index (χ4v) is 1.93. The van der Waals surface area contributed by atoms with E-state index in [4.69, 9.17) is 0 Å². The van der Waals surface area contributed by atoms with Crippen LogP contribution in [0.3, 0.4) is 0 Å². The molecule has 2 heterocycles. The Morgan fingerprint density at radius 1 is 1.33 bits per heavy atom. The highest BCUT2D eigenvalue weighted by atomic mass is 19.4. The summed E-state index contributed by atoms with van der Waals surface area (Å²) >= 11 is 0. The first-order valence-electron chi connectivity index (χ1n) is 6.34. The lowest BCUT2D eigenvalue weighted by Crippen LogP contribution is -2.28. The Hall–Kier alpha value is -2.38. The van der Waals surface area contributed by atoms with Gasteiger partial charge in [-0.2, -0.15) is 18.3 Å². The van der Waals surface area contributed by atoms with Crippen molar-refractivity contribution in [2.45, 2.75) is 25.1 Å². The largest absolute Gasteiger partial charge is 0.434 e. The van der Waals surface area contributed by atoms with Crippen molar-refractivity contribution in [1.82, 2.24) is 20.1 Å². The van der Waals surface area contributed by atoms with Crippen LogP contribution in [0.2, 0.25) is 0 Å². The SMILES string of the molecule is O=C(NC1CC1)c1cnn(-c2ccccn2)c1C(F)(F)F. The maximum Gasteiger partial charge on any atom is 0.434 e. The normalized spacial score (nSPS) is 15.0. The number of hydrogen-bond acceptors (Lipinski definition) is 3. The zero-order chi connectivity index (χ0) is 15.0. The van der Waals surface area contributed by atoms with Crippen LogP contribution in [0.1, 0.15) is 28.9 Å². The average Bonchev–Trinajstić information content (AvgIpc) is 3.12. The first kappa shape index (κ1) is 13.6. The number of hydrogen-bond donors (Lipinski definition) is 1. The van der Waals surface area contributed by atoms with Crippen LogP contribution in [0.15, 0.2) is 30.6 Å². The lowest BCUT2D eigenvalue weighted by atomic mass is 10.2. The number of carbonyl (C=O) groups excluding carboxylic acids is 1. The molecule has 8 heteroatoms. The van der Waals surface area contributed by atoms with Gasteiger partial charge in [-0.1, -0.05) is 6.07 Å². The van der Waals surface area contributed by atoms with Crippen LogP contribution in [-0.2, 0) is 6.18 Å². The fourth-order valence-electron chi connectivity index (χ4n) is 1.93. The number of nitrogens with zero attached hydrogens (tertiary/aromatic N) is 3. The standard InChI is InChI=1S/C13H11F3N4O/c14-13(15,16)11-9(12(21)19-8-4-5-8)7-18-20(11)10-3-1-2-6-17-10/h1-3,6-8H,4-5H2,(H,19,21). The number of pyridine rings is 1. The zero-order valence-electron chi connectivity index (χ0n) is 10.8. The van der Waals surface area contributed by atoms with Gasteiger partial charge in [0.25, 0.3) is 5.91 Å². The summed E-state index contributed by atoms with van der Waals surface area (Å²) in [7, 11) is 0. The van der Waals surface area contributed by atoms with Crippen LogP contribution in [0.25, 0.3) is 5.82 Å². The molecule has 2 aromatic rings. The molecule has 0 unspecified atom stereocenters. The second-order valence-corrected chi connectivity index (χ2v) is 4.75. The summed E-state index contributed by atoms with van der Waals surface area (Å²) in [6.07, 6.45) is -0.830. The van der Waals surface area contributed by atoms with E-state index in [0.717, 1.165) is 19.0 Å². The summed E-state index contributed by atoms with van der Waals surface area (Å²) in [6.45, 7) is 0. The Kier molecular flexibility index (Phi) is 3.15. The molecule has 1 saturated carbocycles. The van der Waals surface area contributed by atoms with Gasteiger partial charge in [-0.3, -0.25) is 4.79 Å². The Morgan fingerprint density at radius 2 is 2.10 bits per heavy atom. The highest BCUT2D eigenvalue weighted by Gasteiger charge is 2.41. The summed E-state index contributed by atoms with van der Waals surface area (Å²) in [4.78, 5) is 15.8. The van der Waals surface area contributed by atoms with Crippen molar-refractivity contribution < 1.29 is 18.0 Å². The van der Waals surface area contributed by atoms with E-state index in [1.165, 1.54) is 12.3 Å². The first-order chi connectivity index (χ1) is 9.97. The van der Waals surface area contributed by atoms with Crippen molar-refractivity contribution in [2.24, 2.45) is 0 Å². The fraction of sp³-hybridized carbons (Fsp3) is 0.308.